The first kappa shape index (κ1) is 12.3. The Labute approximate surface area is 103 Å². The molecule has 17 heavy (non-hydrogen) atoms. The smallest absolute Gasteiger partial charge is 0.225 e. The monoisotopic (exact) mass is 235 g/mol. The Morgan fingerprint density at radius 3 is 2.88 bits per heavy atom. The minimum Gasteiger partial charge on any atom is -0.343 e. The quantitative estimate of drug-likeness (QED) is 0.804. The Bertz CT molecular complexity index is 349. The van der Waals surface area contributed by atoms with Crippen LogP contribution in [-0.4, -0.2) is 48.1 Å². The van der Waals surface area contributed by atoms with Crippen LogP contribution in [0.5, 0.6) is 0 Å². The summed E-state index contributed by atoms with van der Waals surface area (Å²) in [5, 5.41) is 0. The van der Waals surface area contributed by atoms with Gasteiger partial charge in [-0.05, 0) is 32.0 Å². The van der Waals surface area contributed by atoms with Crippen molar-refractivity contribution in [3.05, 3.63) is 18.0 Å². The van der Waals surface area contributed by atoms with Crippen molar-refractivity contribution >= 4 is 5.95 Å². The number of likely N-dealkylation sites (N-methyl/N-ethyl adjacent to an activating group) is 1. The van der Waals surface area contributed by atoms with Crippen LogP contribution in [0, 0.1) is 0 Å². The SMILES string of the molecule is CN(CCN1CCCC1)c1nccc(CN)n1. The molecule has 0 atom stereocenters. The van der Waals surface area contributed by atoms with Crippen molar-refractivity contribution in [1.29, 1.82) is 0 Å². The largest absolute Gasteiger partial charge is 0.343 e. The minimum atomic E-state index is 0.468. The lowest BCUT2D eigenvalue weighted by Gasteiger charge is -2.21. The lowest BCUT2D eigenvalue weighted by Crippen LogP contribution is -2.32. The van der Waals surface area contributed by atoms with Gasteiger partial charge in [-0.15, -0.1) is 0 Å². The topological polar surface area (TPSA) is 58.3 Å². The number of anilines is 1. The fraction of sp³-hybridized carbons (Fsp3) is 0.667. The number of nitrogens with two attached hydrogens (primary N) is 1. The summed E-state index contributed by atoms with van der Waals surface area (Å²) in [6.07, 6.45) is 4.45. The van der Waals surface area contributed by atoms with Crippen LogP contribution < -0.4 is 10.6 Å². The zero-order valence-electron chi connectivity index (χ0n) is 10.5. The van der Waals surface area contributed by atoms with Gasteiger partial charge < -0.3 is 15.5 Å². The van der Waals surface area contributed by atoms with Gasteiger partial charge in [-0.1, -0.05) is 0 Å². The van der Waals surface area contributed by atoms with Crippen molar-refractivity contribution < 1.29 is 0 Å². The number of rotatable bonds is 5. The molecule has 0 spiro atoms. The van der Waals surface area contributed by atoms with Crippen molar-refractivity contribution in [2.75, 3.05) is 38.1 Å². The van der Waals surface area contributed by atoms with E-state index in [1.54, 1.807) is 6.20 Å². The van der Waals surface area contributed by atoms with Crippen LogP contribution in [0.3, 0.4) is 0 Å². The molecular formula is C12H21N5. The first-order valence-electron chi connectivity index (χ1n) is 6.25. The van der Waals surface area contributed by atoms with Gasteiger partial charge in [0.05, 0.1) is 5.69 Å². The molecule has 0 bridgehead atoms. The van der Waals surface area contributed by atoms with Crippen LogP contribution in [0.1, 0.15) is 18.5 Å². The van der Waals surface area contributed by atoms with Gasteiger partial charge >= 0.3 is 0 Å². The molecule has 0 radical (unpaired) electrons. The zero-order chi connectivity index (χ0) is 12.1. The Morgan fingerprint density at radius 1 is 1.41 bits per heavy atom. The second-order valence-corrected chi connectivity index (χ2v) is 4.52. The zero-order valence-corrected chi connectivity index (χ0v) is 10.5. The van der Waals surface area contributed by atoms with Crippen LogP contribution in [-0.2, 0) is 6.54 Å². The predicted octanol–water partition coefficient (Wildman–Crippen LogP) is 0.467. The molecule has 94 valence electrons. The lowest BCUT2D eigenvalue weighted by molar-refractivity contribution is 0.346. The number of aromatic nitrogens is 2. The summed E-state index contributed by atoms with van der Waals surface area (Å²) < 4.78 is 0. The highest BCUT2D eigenvalue weighted by molar-refractivity contribution is 5.28. The highest BCUT2D eigenvalue weighted by Crippen LogP contribution is 2.09. The van der Waals surface area contributed by atoms with Gasteiger partial charge in [-0.2, -0.15) is 0 Å². The fourth-order valence-corrected chi connectivity index (χ4v) is 2.08. The van der Waals surface area contributed by atoms with Crippen LogP contribution in [0.2, 0.25) is 0 Å². The van der Waals surface area contributed by atoms with E-state index >= 15 is 0 Å². The third-order valence-corrected chi connectivity index (χ3v) is 3.20. The molecule has 0 saturated carbocycles. The van der Waals surface area contributed by atoms with E-state index in [1.807, 2.05) is 13.1 Å². The Hall–Kier alpha value is -1.20. The molecule has 1 aromatic rings. The van der Waals surface area contributed by atoms with Crippen molar-refractivity contribution in [3.8, 4) is 0 Å². The molecule has 1 aromatic heterocycles. The first-order chi connectivity index (χ1) is 8.29. The van der Waals surface area contributed by atoms with Gasteiger partial charge in [0.15, 0.2) is 0 Å². The Balaban J connectivity index is 1.87. The van der Waals surface area contributed by atoms with E-state index in [0.717, 1.165) is 24.7 Å². The van der Waals surface area contributed by atoms with Gasteiger partial charge in [0.25, 0.3) is 0 Å². The summed E-state index contributed by atoms with van der Waals surface area (Å²) in [5.74, 6) is 0.771. The first-order valence-corrected chi connectivity index (χ1v) is 6.25. The van der Waals surface area contributed by atoms with Crippen molar-refractivity contribution in [3.63, 3.8) is 0 Å². The Kier molecular flexibility index (Phi) is 4.28. The summed E-state index contributed by atoms with van der Waals surface area (Å²) in [6.45, 7) is 4.99. The maximum atomic E-state index is 5.58. The molecule has 5 nitrogen and oxygen atoms in total. The van der Waals surface area contributed by atoms with Gasteiger partial charge in [0.1, 0.15) is 0 Å². The van der Waals surface area contributed by atoms with E-state index in [1.165, 1.54) is 25.9 Å². The van der Waals surface area contributed by atoms with Crippen LogP contribution in [0.25, 0.3) is 0 Å². The maximum absolute atomic E-state index is 5.58. The van der Waals surface area contributed by atoms with E-state index in [4.69, 9.17) is 5.73 Å². The second-order valence-electron chi connectivity index (χ2n) is 4.52. The number of hydrogen-bond acceptors (Lipinski definition) is 5. The molecule has 2 heterocycles. The average molecular weight is 235 g/mol. The van der Waals surface area contributed by atoms with E-state index in [9.17, 15) is 0 Å². The van der Waals surface area contributed by atoms with Crippen LogP contribution in [0.15, 0.2) is 12.3 Å². The van der Waals surface area contributed by atoms with Gasteiger partial charge in [-0.25, -0.2) is 9.97 Å². The van der Waals surface area contributed by atoms with Crippen molar-refractivity contribution in [2.45, 2.75) is 19.4 Å². The standard InChI is InChI=1S/C12H21N5/c1-16(8-9-17-6-2-3-7-17)12-14-5-4-11(10-13)15-12/h4-5H,2-3,6-10,13H2,1H3. The van der Waals surface area contributed by atoms with E-state index < -0.39 is 0 Å². The molecule has 2 rings (SSSR count). The van der Waals surface area contributed by atoms with E-state index in [-0.39, 0.29) is 0 Å². The second kappa shape index (κ2) is 5.93. The molecular weight excluding hydrogens is 214 g/mol. The van der Waals surface area contributed by atoms with Crippen molar-refractivity contribution in [2.24, 2.45) is 5.73 Å². The Morgan fingerprint density at radius 2 is 2.18 bits per heavy atom. The maximum Gasteiger partial charge on any atom is 0.225 e. The molecule has 5 heteroatoms. The lowest BCUT2D eigenvalue weighted by atomic mass is 10.4. The number of nitrogens with zero attached hydrogens (tertiary/aromatic N) is 4. The third-order valence-electron chi connectivity index (χ3n) is 3.20. The van der Waals surface area contributed by atoms with Gasteiger partial charge in [-0.3, -0.25) is 0 Å². The molecule has 1 saturated heterocycles. The predicted molar refractivity (Wildman–Crippen MR) is 68.9 cm³/mol. The molecule has 1 aliphatic heterocycles. The molecule has 0 aliphatic carbocycles. The normalized spacial score (nSPS) is 16.4. The third kappa shape index (κ3) is 3.38. The average Bonchev–Trinajstić information content (AvgIpc) is 2.89. The number of hydrogen-bond donors (Lipinski definition) is 1. The van der Waals surface area contributed by atoms with E-state index in [0.29, 0.717) is 6.54 Å². The van der Waals surface area contributed by atoms with Gasteiger partial charge in [0, 0.05) is 32.9 Å². The molecule has 0 unspecified atom stereocenters. The van der Waals surface area contributed by atoms with Crippen LogP contribution >= 0.6 is 0 Å². The minimum absolute atomic E-state index is 0.468. The highest BCUT2D eigenvalue weighted by Gasteiger charge is 2.12. The fourth-order valence-electron chi connectivity index (χ4n) is 2.08. The molecule has 0 amide bonds. The van der Waals surface area contributed by atoms with E-state index in [2.05, 4.69) is 19.8 Å². The molecule has 1 fully saturated rings. The summed E-state index contributed by atoms with van der Waals surface area (Å²) >= 11 is 0. The molecule has 2 N–H and O–H groups in total. The van der Waals surface area contributed by atoms with Gasteiger partial charge in [0.2, 0.25) is 5.95 Å². The molecule has 0 aromatic carbocycles. The summed E-state index contributed by atoms with van der Waals surface area (Å²) in [4.78, 5) is 13.3. The summed E-state index contributed by atoms with van der Waals surface area (Å²) in [6, 6.07) is 1.86. The molecule has 1 aliphatic rings. The summed E-state index contributed by atoms with van der Waals surface area (Å²) in [7, 11) is 2.03. The van der Waals surface area contributed by atoms with Crippen molar-refractivity contribution in [1.82, 2.24) is 14.9 Å². The number of likely N-dealkylation sites (tertiary alicyclic amines) is 1. The van der Waals surface area contributed by atoms with Crippen LogP contribution in [0.4, 0.5) is 5.95 Å². The highest BCUT2D eigenvalue weighted by atomic mass is 15.3. The summed E-state index contributed by atoms with van der Waals surface area (Å²) in [5.41, 5.74) is 6.47.